The van der Waals surface area contributed by atoms with E-state index in [4.69, 9.17) is 0 Å². The van der Waals surface area contributed by atoms with Gasteiger partial charge in [-0.05, 0) is 18.6 Å². The van der Waals surface area contributed by atoms with Crippen molar-refractivity contribution in [1.82, 2.24) is 20.0 Å². The van der Waals surface area contributed by atoms with E-state index >= 15 is 0 Å². The van der Waals surface area contributed by atoms with E-state index in [1.807, 2.05) is 23.0 Å². The van der Waals surface area contributed by atoms with Gasteiger partial charge >= 0.3 is 0 Å². The Balaban J connectivity index is 2.25. The Labute approximate surface area is 82.6 Å². The molecule has 72 valence electrons. The summed E-state index contributed by atoms with van der Waals surface area (Å²) in [6, 6.07) is 3.88. The zero-order valence-electron chi connectivity index (χ0n) is 8.09. The van der Waals surface area contributed by atoms with E-state index < -0.39 is 0 Å². The van der Waals surface area contributed by atoms with Crippen molar-refractivity contribution >= 4 is 0 Å². The predicted octanol–water partition coefficient (Wildman–Crippen LogP) is 1.75. The fraction of sp³-hybridized carbons (Fsp3) is 0.300. The highest BCUT2D eigenvalue weighted by Gasteiger charge is 2.01. The van der Waals surface area contributed by atoms with Crippen molar-refractivity contribution in [2.45, 2.75) is 19.9 Å². The third kappa shape index (κ3) is 1.79. The van der Waals surface area contributed by atoms with Gasteiger partial charge in [0.25, 0.3) is 0 Å². The highest BCUT2D eigenvalue weighted by molar-refractivity contribution is 5.55. The molecule has 4 nitrogen and oxygen atoms in total. The second-order valence-electron chi connectivity index (χ2n) is 3.11. The van der Waals surface area contributed by atoms with Crippen LogP contribution in [0.15, 0.2) is 30.7 Å². The third-order valence-electron chi connectivity index (χ3n) is 1.95. The minimum Gasteiger partial charge on any atom is -0.264 e. The topological polar surface area (TPSA) is 43.6 Å². The van der Waals surface area contributed by atoms with Gasteiger partial charge in [0.1, 0.15) is 5.69 Å². The second-order valence-corrected chi connectivity index (χ2v) is 3.11. The van der Waals surface area contributed by atoms with Gasteiger partial charge in [-0.15, -0.1) is 5.10 Å². The van der Waals surface area contributed by atoms with Gasteiger partial charge in [0.05, 0.1) is 6.20 Å². The Morgan fingerprint density at radius 1 is 1.43 bits per heavy atom. The van der Waals surface area contributed by atoms with Crippen molar-refractivity contribution in [2.24, 2.45) is 0 Å². The number of hydrogen-bond acceptors (Lipinski definition) is 3. The molecule has 0 aliphatic rings. The number of aromatic nitrogens is 4. The SMILES string of the molecule is CCCn1cc(-c2cccnc2)nn1. The average Bonchev–Trinajstić information content (AvgIpc) is 2.68. The van der Waals surface area contributed by atoms with Gasteiger partial charge in [-0.3, -0.25) is 9.67 Å². The number of pyridine rings is 1. The molecular weight excluding hydrogens is 176 g/mol. The van der Waals surface area contributed by atoms with E-state index in [0.29, 0.717) is 0 Å². The van der Waals surface area contributed by atoms with Crippen molar-refractivity contribution < 1.29 is 0 Å². The van der Waals surface area contributed by atoms with Gasteiger partial charge in [0.15, 0.2) is 0 Å². The molecule has 0 aliphatic heterocycles. The maximum atomic E-state index is 4.08. The molecule has 2 aromatic rings. The molecule has 0 bridgehead atoms. The maximum absolute atomic E-state index is 4.08. The lowest BCUT2D eigenvalue weighted by molar-refractivity contribution is 0.579. The summed E-state index contributed by atoms with van der Waals surface area (Å²) in [4.78, 5) is 4.04. The summed E-state index contributed by atoms with van der Waals surface area (Å²) in [5.74, 6) is 0. The molecule has 0 saturated carbocycles. The molecule has 0 amide bonds. The molecule has 14 heavy (non-hydrogen) atoms. The van der Waals surface area contributed by atoms with Gasteiger partial charge in [-0.25, -0.2) is 0 Å². The van der Waals surface area contributed by atoms with E-state index in [1.54, 1.807) is 12.4 Å². The lowest BCUT2D eigenvalue weighted by Gasteiger charge is -1.93. The molecule has 0 saturated heterocycles. The summed E-state index contributed by atoms with van der Waals surface area (Å²) < 4.78 is 1.85. The Hall–Kier alpha value is -1.71. The second kappa shape index (κ2) is 4.00. The highest BCUT2D eigenvalue weighted by atomic mass is 15.4. The summed E-state index contributed by atoms with van der Waals surface area (Å²) in [5.41, 5.74) is 1.89. The Morgan fingerprint density at radius 2 is 2.36 bits per heavy atom. The summed E-state index contributed by atoms with van der Waals surface area (Å²) >= 11 is 0. The minimum absolute atomic E-state index is 0.881. The van der Waals surface area contributed by atoms with Crippen LogP contribution in [-0.2, 0) is 6.54 Å². The summed E-state index contributed by atoms with van der Waals surface area (Å²) in [5, 5.41) is 8.10. The van der Waals surface area contributed by atoms with E-state index in [2.05, 4.69) is 22.2 Å². The average molecular weight is 188 g/mol. The summed E-state index contributed by atoms with van der Waals surface area (Å²) in [6.07, 6.45) is 6.55. The van der Waals surface area contributed by atoms with Crippen LogP contribution < -0.4 is 0 Å². The fourth-order valence-electron chi connectivity index (χ4n) is 1.28. The third-order valence-corrected chi connectivity index (χ3v) is 1.95. The van der Waals surface area contributed by atoms with E-state index in [-0.39, 0.29) is 0 Å². The van der Waals surface area contributed by atoms with Crippen molar-refractivity contribution in [3.63, 3.8) is 0 Å². The van der Waals surface area contributed by atoms with Crippen LogP contribution in [0, 0.1) is 0 Å². The Morgan fingerprint density at radius 3 is 3.07 bits per heavy atom. The van der Waals surface area contributed by atoms with Crippen LogP contribution in [0.3, 0.4) is 0 Å². The quantitative estimate of drug-likeness (QED) is 0.737. The molecular formula is C10H12N4. The molecule has 2 heterocycles. The molecule has 0 unspecified atom stereocenters. The zero-order chi connectivity index (χ0) is 9.80. The first-order valence-electron chi connectivity index (χ1n) is 4.70. The number of nitrogens with zero attached hydrogens (tertiary/aromatic N) is 4. The molecule has 0 fully saturated rings. The Kier molecular flexibility index (Phi) is 2.53. The van der Waals surface area contributed by atoms with Gasteiger partial charge in [0, 0.05) is 24.5 Å². The Bertz CT molecular complexity index is 394. The monoisotopic (exact) mass is 188 g/mol. The number of hydrogen-bond donors (Lipinski definition) is 0. The first-order chi connectivity index (χ1) is 6.90. The van der Waals surface area contributed by atoms with Gasteiger partial charge in [0.2, 0.25) is 0 Å². The van der Waals surface area contributed by atoms with Crippen molar-refractivity contribution in [2.75, 3.05) is 0 Å². The number of aryl methyl sites for hydroxylation is 1. The molecule has 0 radical (unpaired) electrons. The summed E-state index contributed by atoms with van der Waals surface area (Å²) in [6.45, 7) is 3.03. The summed E-state index contributed by atoms with van der Waals surface area (Å²) in [7, 11) is 0. The van der Waals surface area contributed by atoms with Crippen LogP contribution in [0.5, 0.6) is 0 Å². The fourth-order valence-corrected chi connectivity index (χ4v) is 1.28. The largest absolute Gasteiger partial charge is 0.264 e. The van der Waals surface area contributed by atoms with E-state index in [9.17, 15) is 0 Å². The van der Waals surface area contributed by atoms with Gasteiger partial charge in [-0.2, -0.15) is 0 Å². The lowest BCUT2D eigenvalue weighted by atomic mass is 10.2. The van der Waals surface area contributed by atoms with Crippen molar-refractivity contribution in [1.29, 1.82) is 0 Å². The first-order valence-corrected chi connectivity index (χ1v) is 4.70. The smallest absolute Gasteiger partial charge is 0.114 e. The molecule has 0 N–H and O–H groups in total. The molecule has 0 spiro atoms. The van der Waals surface area contributed by atoms with Crippen LogP contribution in [-0.4, -0.2) is 20.0 Å². The number of rotatable bonds is 3. The van der Waals surface area contributed by atoms with Crippen LogP contribution in [0.25, 0.3) is 11.3 Å². The first kappa shape index (κ1) is 8.87. The molecule has 2 aromatic heterocycles. The van der Waals surface area contributed by atoms with Crippen molar-refractivity contribution in [3.05, 3.63) is 30.7 Å². The molecule has 2 rings (SSSR count). The van der Waals surface area contributed by atoms with Crippen LogP contribution in [0.4, 0.5) is 0 Å². The molecule has 0 aliphatic carbocycles. The molecule has 0 aromatic carbocycles. The van der Waals surface area contributed by atoms with Crippen LogP contribution in [0.1, 0.15) is 13.3 Å². The van der Waals surface area contributed by atoms with Crippen LogP contribution in [0.2, 0.25) is 0 Å². The standard InChI is InChI=1S/C10H12N4/c1-2-6-14-8-10(12-13-14)9-4-3-5-11-7-9/h3-5,7-8H,2,6H2,1H3. The zero-order valence-corrected chi connectivity index (χ0v) is 8.09. The maximum Gasteiger partial charge on any atom is 0.114 e. The normalized spacial score (nSPS) is 10.4. The van der Waals surface area contributed by atoms with Crippen molar-refractivity contribution in [3.8, 4) is 11.3 Å². The predicted molar refractivity (Wildman–Crippen MR) is 53.5 cm³/mol. The molecule has 4 heteroatoms. The lowest BCUT2D eigenvalue weighted by Crippen LogP contribution is -1.96. The minimum atomic E-state index is 0.881. The van der Waals surface area contributed by atoms with Crippen LogP contribution >= 0.6 is 0 Å². The van der Waals surface area contributed by atoms with Gasteiger partial charge in [-0.1, -0.05) is 12.1 Å². The highest BCUT2D eigenvalue weighted by Crippen LogP contribution is 2.13. The van der Waals surface area contributed by atoms with E-state index in [0.717, 1.165) is 24.2 Å². The van der Waals surface area contributed by atoms with Gasteiger partial charge < -0.3 is 0 Å². The van der Waals surface area contributed by atoms with E-state index in [1.165, 1.54) is 0 Å². The molecule has 0 atom stereocenters.